The third-order valence-electron chi connectivity index (χ3n) is 1.81. The summed E-state index contributed by atoms with van der Waals surface area (Å²) in [6.45, 7) is 4.20. The minimum atomic E-state index is 0.246. The van der Waals surface area contributed by atoms with Crippen molar-refractivity contribution in [3.05, 3.63) is 30.3 Å². The first-order valence-electron chi connectivity index (χ1n) is 4.17. The molecule has 1 aromatic carbocycles. The summed E-state index contributed by atoms with van der Waals surface area (Å²) in [4.78, 5) is 1.29. The van der Waals surface area contributed by atoms with Gasteiger partial charge in [-0.25, -0.2) is 0 Å². The molecule has 0 aliphatic heterocycles. The molecule has 2 heteroatoms. The Morgan fingerprint density at radius 1 is 1.17 bits per heavy atom. The molecule has 0 saturated carbocycles. The Hall–Kier alpha value is -0.470. The molecule has 0 heterocycles. The van der Waals surface area contributed by atoms with Crippen molar-refractivity contribution in [3.63, 3.8) is 0 Å². The Morgan fingerprint density at radius 2 is 1.75 bits per heavy atom. The highest BCUT2D eigenvalue weighted by Crippen LogP contribution is 2.23. The highest BCUT2D eigenvalue weighted by Gasteiger charge is 2.07. The Balaban J connectivity index is 2.53. The van der Waals surface area contributed by atoms with Gasteiger partial charge in [0.05, 0.1) is 0 Å². The molecule has 12 heavy (non-hydrogen) atoms. The second-order valence-corrected chi connectivity index (χ2v) is 4.45. The number of thioether (sulfide) groups is 1. The molecule has 0 unspecified atom stereocenters. The SMILES string of the molecule is C[C@@H](N)[C@@H](C)Sc1ccccc1. The molecule has 0 spiro atoms. The van der Waals surface area contributed by atoms with Gasteiger partial charge in [0, 0.05) is 16.2 Å². The van der Waals surface area contributed by atoms with Crippen LogP contribution in [0.3, 0.4) is 0 Å². The standard InChI is InChI=1S/C10H15NS/c1-8(11)9(2)12-10-6-4-3-5-7-10/h3-9H,11H2,1-2H3/t8-,9-/m1/s1. The first-order valence-corrected chi connectivity index (χ1v) is 5.05. The van der Waals surface area contributed by atoms with E-state index in [4.69, 9.17) is 5.73 Å². The van der Waals surface area contributed by atoms with Crippen LogP contribution in [-0.2, 0) is 0 Å². The summed E-state index contributed by atoms with van der Waals surface area (Å²) in [6.07, 6.45) is 0. The number of rotatable bonds is 3. The molecule has 0 fully saturated rings. The van der Waals surface area contributed by atoms with Gasteiger partial charge >= 0.3 is 0 Å². The van der Waals surface area contributed by atoms with Gasteiger partial charge in [-0.1, -0.05) is 25.1 Å². The van der Waals surface area contributed by atoms with Gasteiger partial charge in [0.25, 0.3) is 0 Å². The molecule has 0 aliphatic carbocycles. The van der Waals surface area contributed by atoms with Crippen molar-refractivity contribution in [1.29, 1.82) is 0 Å². The van der Waals surface area contributed by atoms with E-state index in [1.165, 1.54) is 4.90 Å². The van der Waals surface area contributed by atoms with E-state index in [2.05, 4.69) is 31.2 Å². The van der Waals surface area contributed by atoms with E-state index in [1.54, 1.807) is 0 Å². The topological polar surface area (TPSA) is 26.0 Å². The molecule has 0 aliphatic rings. The maximum Gasteiger partial charge on any atom is 0.0215 e. The van der Waals surface area contributed by atoms with Gasteiger partial charge < -0.3 is 5.73 Å². The summed E-state index contributed by atoms with van der Waals surface area (Å²) < 4.78 is 0. The predicted molar refractivity (Wildman–Crippen MR) is 55.4 cm³/mol. The highest BCUT2D eigenvalue weighted by atomic mass is 32.2. The zero-order chi connectivity index (χ0) is 8.97. The zero-order valence-electron chi connectivity index (χ0n) is 7.53. The Labute approximate surface area is 78.4 Å². The van der Waals surface area contributed by atoms with Crippen LogP contribution in [0.4, 0.5) is 0 Å². The van der Waals surface area contributed by atoms with E-state index in [0.29, 0.717) is 5.25 Å². The molecule has 1 rings (SSSR count). The van der Waals surface area contributed by atoms with Crippen molar-refractivity contribution < 1.29 is 0 Å². The lowest BCUT2D eigenvalue weighted by atomic mass is 10.3. The first-order chi connectivity index (χ1) is 5.70. The van der Waals surface area contributed by atoms with Crippen molar-refractivity contribution >= 4 is 11.8 Å². The van der Waals surface area contributed by atoms with Gasteiger partial charge in [-0.2, -0.15) is 0 Å². The summed E-state index contributed by atoms with van der Waals surface area (Å²) in [7, 11) is 0. The summed E-state index contributed by atoms with van der Waals surface area (Å²) in [5.41, 5.74) is 5.76. The lowest BCUT2D eigenvalue weighted by molar-refractivity contribution is 0.731. The predicted octanol–water partition coefficient (Wildman–Crippen LogP) is 2.51. The van der Waals surface area contributed by atoms with Crippen LogP contribution < -0.4 is 5.73 Å². The van der Waals surface area contributed by atoms with Crippen LogP contribution >= 0.6 is 11.8 Å². The third kappa shape index (κ3) is 2.88. The molecule has 0 saturated heterocycles. The Morgan fingerprint density at radius 3 is 2.25 bits per heavy atom. The largest absolute Gasteiger partial charge is 0.327 e. The number of hydrogen-bond acceptors (Lipinski definition) is 2. The van der Waals surface area contributed by atoms with Gasteiger partial charge in [0.15, 0.2) is 0 Å². The van der Waals surface area contributed by atoms with Gasteiger partial charge in [-0.05, 0) is 19.1 Å². The summed E-state index contributed by atoms with van der Waals surface area (Å²) in [5.74, 6) is 0. The second kappa shape index (κ2) is 4.53. The summed E-state index contributed by atoms with van der Waals surface area (Å²) >= 11 is 1.83. The molecule has 0 aromatic heterocycles. The highest BCUT2D eigenvalue weighted by molar-refractivity contribution is 8.00. The maximum atomic E-state index is 5.76. The van der Waals surface area contributed by atoms with E-state index in [0.717, 1.165) is 0 Å². The fourth-order valence-electron chi connectivity index (χ4n) is 0.821. The van der Waals surface area contributed by atoms with Crippen LogP contribution in [0.25, 0.3) is 0 Å². The molecule has 0 radical (unpaired) electrons. The smallest absolute Gasteiger partial charge is 0.0215 e. The van der Waals surface area contributed by atoms with Crippen LogP contribution in [0.1, 0.15) is 13.8 Å². The molecule has 0 amide bonds. The number of hydrogen-bond donors (Lipinski definition) is 1. The van der Waals surface area contributed by atoms with Crippen molar-refractivity contribution in [1.82, 2.24) is 0 Å². The van der Waals surface area contributed by atoms with Gasteiger partial charge in [-0.3, -0.25) is 0 Å². The van der Waals surface area contributed by atoms with Gasteiger partial charge in [-0.15, -0.1) is 11.8 Å². The van der Waals surface area contributed by atoms with Crippen molar-refractivity contribution in [2.24, 2.45) is 5.73 Å². The van der Waals surface area contributed by atoms with Crippen LogP contribution in [0.2, 0.25) is 0 Å². The molecule has 66 valence electrons. The van der Waals surface area contributed by atoms with Crippen molar-refractivity contribution in [3.8, 4) is 0 Å². The molecule has 2 N–H and O–H groups in total. The lowest BCUT2D eigenvalue weighted by Crippen LogP contribution is -2.26. The third-order valence-corrected chi connectivity index (χ3v) is 3.15. The first kappa shape index (κ1) is 9.62. The molecule has 1 nitrogen and oxygen atoms in total. The van der Waals surface area contributed by atoms with Crippen LogP contribution in [0, 0.1) is 0 Å². The molecule has 1 aromatic rings. The Bertz CT molecular complexity index is 221. The minimum absolute atomic E-state index is 0.246. The van der Waals surface area contributed by atoms with Gasteiger partial charge in [0.2, 0.25) is 0 Å². The number of benzene rings is 1. The monoisotopic (exact) mass is 181 g/mol. The average molecular weight is 181 g/mol. The molecular formula is C10H15NS. The van der Waals surface area contributed by atoms with Crippen LogP contribution in [0.5, 0.6) is 0 Å². The lowest BCUT2D eigenvalue weighted by Gasteiger charge is -2.14. The average Bonchev–Trinajstić information content (AvgIpc) is 2.06. The van der Waals surface area contributed by atoms with Crippen molar-refractivity contribution in [2.45, 2.75) is 30.0 Å². The minimum Gasteiger partial charge on any atom is -0.327 e. The summed E-state index contributed by atoms with van der Waals surface area (Å²) in [5, 5.41) is 0.479. The maximum absolute atomic E-state index is 5.76. The van der Waals surface area contributed by atoms with E-state index < -0.39 is 0 Å². The second-order valence-electron chi connectivity index (χ2n) is 3.00. The van der Waals surface area contributed by atoms with E-state index in [9.17, 15) is 0 Å². The molecule has 2 atom stereocenters. The normalized spacial score (nSPS) is 15.6. The summed E-state index contributed by atoms with van der Waals surface area (Å²) in [6, 6.07) is 10.6. The van der Waals surface area contributed by atoms with Crippen LogP contribution in [0.15, 0.2) is 35.2 Å². The van der Waals surface area contributed by atoms with Crippen LogP contribution in [-0.4, -0.2) is 11.3 Å². The van der Waals surface area contributed by atoms with E-state index in [1.807, 2.05) is 24.8 Å². The zero-order valence-corrected chi connectivity index (χ0v) is 8.34. The van der Waals surface area contributed by atoms with Crippen molar-refractivity contribution in [2.75, 3.05) is 0 Å². The Kier molecular flexibility index (Phi) is 3.63. The molecule has 0 bridgehead atoms. The fourth-order valence-corrected chi connectivity index (χ4v) is 1.78. The van der Waals surface area contributed by atoms with E-state index >= 15 is 0 Å². The fraction of sp³-hybridized carbons (Fsp3) is 0.400. The molecular weight excluding hydrogens is 166 g/mol. The quantitative estimate of drug-likeness (QED) is 0.725. The van der Waals surface area contributed by atoms with Gasteiger partial charge in [0.1, 0.15) is 0 Å². The number of nitrogens with two attached hydrogens (primary N) is 1. The van der Waals surface area contributed by atoms with E-state index in [-0.39, 0.29) is 6.04 Å².